The van der Waals surface area contributed by atoms with Crippen molar-refractivity contribution < 1.29 is 18.7 Å². The van der Waals surface area contributed by atoms with Gasteiger partial charge in [-0.2, -0.15) is 0 Å². The molecule has 0 aromatic heterocycles. The number of esters is 1. The number of carbonyl (C=O) groups excluding carboxylic acids is 2. The van der Waals surface area contributed by atoms with Crippen molar-refractivity contribution in [2.45, 2.75) is 12.8 Å². The van der Waals surface area contributed by atoms with E-state index in [9.17, 15) is 14.0 Å². The molecule has 1 aliphatic rings. The summed E-state index contributed by atoms with van der Waals surface area (Å²) < 4.78 is 17.8. The number of benzene rings is 1. The van der Waals surface area contributed by atoms with E-state index >= 15 is 0 Å². The van der Waals surface area contributed by atoms with Gasteiger partial charge in [-0.15, -0.1) is 0 Å². The fourth-order valence-electron chi connectivity index (χ4n) is 2.38. The average Bonchev–Trinajstić information content (AvgIpc) is 2.48. The summed E-state index contributed by atoms with van der Waals surface area (Å²) in [6.07, 6.45) is 1.45. The molecule has 1 amide bonds. The standard InChI is InChI=1S/C14H17FN2O3/c1-20-14(19)10-3-2-6-17(8-10)13(18)9-4-5-11(15)12(16)7-9/h4-5,7,10H,2-3,6,8,16H2,1H3. The number of nitrogen functional groups attached to an aromatic ring is 1. The highest BCUT2D eigenvalue weighted by atomic mass is 19.1. The maximum atomic E-state index is 13.1. The number of carbonyl (C=O) groups is 2. The van der Waals surface area contributed by atoms with E-state index in [1.165, 1.54) is 25.3 Å². The Bertz CT molecular complexity index is 533. The van der Waals surface area contributed by atoms with Crippen LogP contribution in [0.15, 0.2) is 18.2 Å². The SMILES string of the molecule is COC(=O)C1CCCN(C(=O)c2ccc(F)c(N)c2)C1. The predicted molar refractivity (Wildman–Crippen MR) is 71.5 cm³/mol. The fourth-order valence-corrected chi connectivity index (χ4v) is 2.38. The van der Waals surface area contributed by atoms with Crippen LogP contribution < -0.4 is 5.73 Å². The van der Waals surface area contributed by atoms with Crippen LogP contribution in [0.1, 0.15) is 23.2 Å². The molecule has 6 heteroatoms. The van der Waals surface area contributed by atoms with Gasteiger partial charge in [0, 0.05) is 18.7 Å². The van der Waals surface area contributed by atoms with E-state index < -0.39 is 5.82 Å². The Morgan fingerprint density at radius 1 is 1.45 bits per heavy atom. The van der Waals surface area contributed by atoms with Crippen molar-refractivity contribution in [3.8, 4) is 0 Å². The first kappa shape index (κ1) is 14.3. The van der Waals surface area contributed by atoms with Crippen molar-refractivity contribution in [3.05, 3.63) is 29.6 Å². The highest BCUT2D eigenvalue weighted by Crippen LogP contribution is 2.21. The van der Waals surface area contributed by atoms with Crippen molar-refractivity contribution in [1.29, 1.82) is 0 Å². The summed E-state index contributed by atoms with van der Waals surface area (Å²) in [5.74, 6) is -1.39. The van der Waals surface area contributed by atoms with E-state index in [0.29, 0.717) is 25.1 Å². The second kappa shape index (κ2) is 5.90. The molecule has 1 aliphatic heterocycles. The Morgan fingerprint density at radius 3 is 2.85 bits per heavy atom. The van der Waals surface area contributed by atoms with Gasteiger partial charge in [-0.05, 0) is 31.0 Å². The van der Waals surface area contributed by atoms with Gasteiger partial charge in [0.25, 0.3) is 5.91 Å². The quantitative estimate of drug-likeness (QED) is 0.657. The molecule has 2 rings (SSSR count). The van der Waals surface area contributed by atoms with E-state index in [2.05, 4.69) is 0 Å². The number of nitrogens with two attached hydrogens (primary N) is 1. The third-order valence-corrected chi connectivity index (χ3v) is 3.49. The number of piperidine rings is 1. The lowest BCUT2D eigenvalue weighted by Gasteiger charge is -2.31. The molecule has 1 aromatic carbocycles. The van der Waals surface area contributed by atoms with Gasteiger partial charge >= 0.3 is 5.97 Å². The van der Waals surface area contributed by atoms with Crippen LogP contribution in [0.25, 0.3) is 0 Å². The number of likely N-dealkylation sites (tertiary alicyclic amines) is 1. The Morgan fingerprint density at radius 2 is 2.20 bits per heavy atom. The minimum atomic E-state index is -0.548. The van der Waals surface area contributed by atoms with Crippen molar-refractivity contribution in [3.63, 3.8) is 0 Å². The Labute approximate surface area is 116 Å². The first-order valence-corrected chi connectivity index (χ1v) is 6.45. The lowest BCUT2D eigenvalue weighted by Crippen LogP contribution is -2.42. The minimum absolute atomic E-state index is 0.0580. The van der Waals surface area contributed by atoms with E-state index in [0.717, 1.165) is 6.42 Å². The number of amides is 1. The van der Waals surface area contributed by atoms with E-state index in [1.807, 2.05) is 0 Å². The van der Waals surface area contributed by atoms with Gasteiger partial charge < -0.3 is 15.4 Å². The number of halogens is 1. The molecule has 1 atom stereocenters. The number of ether oxygens (including phenoxy) is 1. The topological polar surface area (TPSA) is 72.6 Å². The number of nitrogens with zero attached hydrogens (tertiary/aromatic N) is 1. The van der Waals surface area contributed by atoms with Crippen molar-refractivity contribution in [1.82, 2.24) is 4.90 Å². The monoisotopic (exact) mass is 280 g/mol. The summed E-state index contributed by atoms with van der Waals surface area (Å²) in [5.41, 5.74) is 5.74. The van der Waals surface area contributed by atoms with Crippen molar-refractivity contribution >= 4 is 17.6 Å². The van der Waals surface area contributed by atoms with Crippen LogP contribution >= 0.6 is 0 Å². The third-order valence-electron chi connectivity index (χ3n) is 3.49. The lowest BCUT2D eigenvalue weighted by atomic mass is 9.97. The summed E-state index contributed by atoms with van der Waals surface area (Å²) >= 11 is 0. The third kappa shape index (κ3) is 2.89. The van der Waals surface area contributed by atoms with Gasteiger partial charge in [-0.3, -0.25) is 9.59 Å². The molecule has 0 aliphatic carbocycles. The van der Waals surface area contributed by atoms with E-state index in [-0.39, 0.29) is 23.5 Å². The predicted octanol–water partition coefficient (Wildman–Crippen LogP) is 1.43. The summed E-state index contributed by atoms with van der Waals surface area (Å²) in [4.78, 5) is 25.4. The van der Waals surface area contributed by atoms with Crippen LogP contribution in [0.2, 0.25) is 0 Å². The van der Waals surface area contributed by atoms with Gasteiger partial charge in [-0.25, -0.2) is 4.39 Å². The maximum absolute atomic E-state index is 13.1. The molecule has 1 saturated heterocycles. The minimum Gasteiger partial charge on any atom is -0.469 e. The largest absolute Gasteiger partial charge is 0.469 e. The van der Waals surface area contributed by atoms with Crippen LogP contribution in [-0.2, 0) is 9.53 Å². The van der Waals surface area contributed by atoms with E-state index in [1.54, 1.807) is 4.90 Å². The highest BCUT2D eigenvalue weighted by Gasteiger charge is 2.29. The van der Waals surface area contributed by atoms with Crippen molar-refractivity contribution in [2.75, 3.05) is 25.9 Å². The molecular formula is C14H17FN2O3. The molecule has 1 fully saturated rings. The van der Waals surface area contributed by atoms with E-state index in [4.69, 9.17) is 10.5 Å². The van der Waals surface area contributed by atoms with Crippen LogP contribution in [-0.4, -0.2) is 37.0 Å². The van der Waals surface area contributed by atoms with Gasteiger partial charge in [-0.1, -0.05) is 0 Å². The first-order valence-electron chi connectivity index (χ1n) is 6.45. The lowest BCUT2D eigenvalue weighted by molar-refractivity contribution is -0.146. The molecule has 0 saturated carbocycles. The molecule has 2 N–H and O–H groups in total. The molecule has 0 spiro atoms. The zero-order valence-electron chi connectivity index (χ0n) is 11.3. The first-order chi connectivity index (χ1) is 9.52. The second-order valence-electron chi connectivity index (χ2n) is 4.85. The molecule has 108 valence electrons. The summed E-state index contributed by atoms with van der Waals surface area (Å²) in [6, 6.07) is 3.89. The average molecular weight is 280 g/mol. The van der Waals surface area contributed by atoms with Gasteiger partial charge in [0.15, 0.2) is 0 Å². The maximum Gasteiger partial charge on any atom is 0.310 e. The molecule has 1 heterocycles. The summed E-state index contributed by atoms with van der Waals surface area (Å²) in [5, 5.41) is 0. The molecule has 5 nitrogen and oxygen atoms in total. The van der Waals surface area contributed by atoms with Gasteiger partial charge in [0.1, 0.15) is 5.82 Å². The zero-order chi connectivity index (χ0) is 14.7. The zero-order valence-corrected chi connectivity index (χ0v) is 11.3. The fraction of sp³-hybridized carbons (Fsp3) is 0.429. The Kier molecular flexibility index (Phi) is 4.22. The molecule has 0 bridgehead atoms. The number of hydrogen-bond donors (Lipinski definition) is 1. The smallest absolute Gasteiger partial charge is 0.310 e. The van der Waals surface area contributed by atoms with Crippen molar-refractivity contribution in [2.24, 2.45) is 5.92 Å². The molecule has 20 heavy (non-hydrogen) atoms. The normalized spacial score (nSPS) is 18.7. The number of hydrogen-bond acceptors (Lipinski definition) is 4. The Hall–Kier alpha value is -2.11. The summed E-state index contributed by atoms with van der Waals surface area (Å²) in [7, 11) is 1.34. The summed E-state index contributed by atoms with van der Waals surface area (Å²) in [6.45, 7) is 0.895. The van der Waals surface area contributed by atoms with Gasteiger partial charge in [0.2, 0.25) is 0 Å². The molecule has 1 unspecified atom stereocenters. The molecular weight excluding hydrogens is 263 g/mol. The van der Waals surface area contributed by atoms with Crippen LogP contribution in [0, 0.1) is 11.7 Å². The number of rotatable bonds is 2. The van der Waals surface area contributed by atoms with Crippen LogP contribution in [0.5, 0.6) is 0 Å². The number of methoxy groups -OCH3 is 1. The highest BCUT2D eigenvalue weighted by molar-refractivity contribution is 5.95. The molecule has 1 aromatic rings. The molecule has 0 radical (unpaired) electrons. The second-order valence-corrected chi connectivity index (χ2v) is 4.85. The van der Waals surface area contributed by atoms with Crippen LogP contribution in [0.4, 0.5) is 10.1 Å². The van der Waals surface area contributed by atoms with Gasteiger partial charge in [0.05, 0.1) is 18.7 Å². The number of anilines is 1. The Balaban J connectivity index is 2.12. The van der Waals surface area contributed by atoms with Crippen LogP contribution in [0.3, 0.4) is 0 Å².